The van der Waals surface area contributed by atoms with E-state index in [0.29, 0.717) is 26.0 Å². The van der Waals surface area contributed by atoms with Gasteiger partial charge in [0.2, 0.25) is 5.91 Å². The molecule has 2 aromatic heterocycles. The molecular formula is C16H24N6O4S. The number of piperidine rings is 1. The number of aromatic nitrogens is 4. The van der Waals surface area contributed by atoms with Crippen LogP contribution in [-0.2, 0) is 32.1 Å². The Morgan fingerprint density at radius 2 is 2.11 bits per heavy atom. The van der Waals surface area contributed by atoms with E-state index in [2.05, 4.69) is 15.4 Å². The Labute approximate surface area is 158 Å². The maximum absolute atomic E-state index is 12.9. The fourth-order valence-electron chi connectivity index (χ4n) is 3.26. The molecule has 0 atom stereocenters. The number of nitrogens with zero attached hydrogens (tertiary/aromatic N) is 5. The molecule has 3 heterocycles. The van der Waals surface area contributed by atoms with Crippen LogP contribution < -0.4 is 5.32 Å². The Morgan fingerprint density at radius 1 is 1.37 bits per heavy atom. The van der Waals surface area contributed by atoms with Crippen LogP contribution in [0, 0.1) is 0 Å². The molecule has 1 saturated heterocycles. The third kappa shape index (κ3) is 3.75. The summed E-state index contributed by atoms with van der Waals surface area (Å²) in [6.45, 7) is 1.20. The zero-order valence-electron chi connectivity index (χ0n) is 15.4. The predicted molar refractivity (Wildman–Crippen MR) is 96.3 cm³/mol. The molecule has 2 aromatic rings. The molecule has 0 aromatic carbocycles. The fourth-order valence-corrected chi connectivity index (χ4v) is 4.67. The first-order valence-electron chi connectivity index (χ1n) is 8.65. The van der Waals surface area contributed by atoms with Crippen molar-refractivity contribution in [3.05, 3.63) is 31.0 Å². The van der Waals surface area contributed by atoms with Crippen molar-refractivity contribution in [1.82, 2.24) is 29.0 Å². The number of nitrogens with one attached hydrogen (secondary N) is 1. The molecule has 1 aliphatic heterocycles. The summed E-state index contributed by atoms with van der Waals surface area (Å²) in [6, 6.07) is 1.75. The van der Waals surface area contributed by atoms with Crippen LogP contribution in [0.5, 0.6) is 0 Å². The second kappa shape index (κ2) is 7.79. The monoisotopic (exact) mass is 396 g/mol. The lowest BCUT2D eigenvalue weighted by atomic mass is 9.87. The van der Waals surface area contributed by atoms with E-state index in [0.717, 1.165) is 0 Å². The number of hydrogen-bond donors (Lipinski definition) is 1. The van der Waals surface area contributed by atoms with Gasteiger partial charge in [0.05, 0.1) is 12.9 Å². The third-order valence-corrected chi connectivity index (χ3v) is 6.58. The minimum atomic E-state index is -3.69. The summed E-state index contributed by atoms with van der Waals surface area (Å²) >= 11 is 0. The van der Waals surface area contributed by atoms with E-state index in [4.69, 9.17) is 4.74 Å². The number of carbonyl (C=O) groups excluding carboxylic acids is 1. The molecule has 11 heteroatoms. The van der Waals surface area contributed by atoms with Gasteiger partial charge in [-0.1, -0.05) is 0 Å². The van der Waals surface area contributed by atoms with Crippen LogP contribution in [0.1, 0.15) is 12.8 Å². The molecular weight excluding hydrogens is 372 g/mol. The largest absolute Gasteiger partial charge is 0.383 e. The van der Waals surface area contributed by atoms with Gasteiger partial charge in [-0.2, -0.15) is 9.40 Å². The molecule has 27 heavy (non-hydrogen) atoms. The van der Waals surface area contributed by atoms with Crippen LogP contribution in [0.25, 0.3) is 0 Å². The molecule has 0 unspecified atom stereocenters. The first kappa shape index (κ1) is 19.5. The van der Waals surface area contributed by atoms with Crippen molar-refractivity contribution in [2.75, 3.05) is 33.4 Å². The molecule has 1 N–H and O–H groups in total. The number of hydrogen-bond acceptors (Lipinski definition) is 6. The molecule has 10 nitrogen and oxygen atoms in total. The number of imidazole rings is 1. The maximum atomic E-state index is 12.9. The molecule has 3 rings (SSSR count). The van der Waals surface area contributed by atoms with Gasteiger partial charge in [-0.3, -0.25) is 9.48 Å². The Kier molecular flexibility index (Phi) is 5.63. The van der Waals surface area contributed by atoms with Gasteiger partial charge in [0, 0.05) is 52.4 Å². The topological polar surface area (TPSA) is 111 Å². The highest BCUT2D eigenvalue weighted by Crippen LogP contribution is 2.32. The average Bonchev–Trinajstić information content (AvgIpc) is 3.34. The van der Waals surface area contributed by atoms with Crippen molar-refractivity contribution in [2.24, 2.45) is 7.05 Å². The second-order valence-corrected chi connectivity index (χ2v) is 8.40. The normalized spacial score (nSPS) is 17.7. The van der Waals surface area contributed by atoms with Crippen molar-refractivity contribution < 1.29 is 17.9 Å². The molecule has 148 valence electrons. The lowest BCUT2D eigenvalue weighted by Gasteiger charge is -2.39. The fraction of sp³-hybridized carbons (Fsp3) is 0.562. The number of aryl methyl sites for hydroxylation is 1. The quantitative estimate of drug-likeness (QED) is 0.635. The lowest BCUT2D eigenvalue weighted by Crippen LogP contribution is -2.56. The Bertz CT molecular complexity index is 869. The standard InChI is InChI=1S/C16H24N6O4S/c1-20-12-14(18-13-20)27(24,25)21-9-4-16(5-10-21,22-8-3-6-19-22)15(23)17-7-11-26-2/h3,6,8,12-13H,4-5,7,9-11H2,1-2H3,(H,17,23). The molecule has 0 spiro atoms. The van der Waals surface area contributed by atoms with Crippen molar-refractivity contribution in [3.8, 4) is 0 Å². The average molecular weight is 396 g/mol. The number of rotatable bonds is 7. The molecule has 1 amide bonds. The Balaban J connectivity index is 1.79. The number of sulfonamides is 1. The molecule has 0 saturated carbocycles. The van der Waals surface area contributed by atoms with Crippen molar-refractivity contribution in [3.63, 3.8) is 0 Å². The third-order valence-electron chi connectivity index (χ3n) is 4.79. The van der Waals surface area contributed by atoms with Gasteiger partial charge in [-0.05, 0) is 18.9 Å². The minimum Gasteiger partial charge on any atom is -0.383 e. The Morgan fingerprint density at radius 3 is 2.67 bits per heavy atom. The van der Waals surface area contributed by atoms with Gasteiger partial charge >= 0.3 is 0 Å². The maximum Gasteiger partial charge on any atom is 0.262 e. The van der Waals surface area contributed by atoms with Crippen LogP contribution in [0.3, 0.4) is 0 Å². The van der Waals surface area contributed by atoms with E-state index in [-0.39, 0.29) is 24.0 Å². The number of carbonyl (C=O) groups is 1. The highest BCUT2D eigenvalue weighted by atomic mass is 32.2. The predicted octanol–water partition coefficient (Wildman–Crippen LogP) is -0.441. The van der Waals surface area contributed by atoms with Crippen LogP contribution >= 0.6 is 0 Å². The van der Waals surface area contributed by atoms with Gasteiger partial charge in [0.1, 0.15) is 5.54 Å². The van der Waals surface area contributed by atoms with Gasteiger partial charge in [0.15, 0.2) is 5.03 Å². The van der Waals surface area contributed by atoms with E-state index < -0.39 is 15.6 Å². The summed E-state index contributed by atoms with van der Waals surface area (Å²) < 4.78 is 35.2. The highest BCUT2D eigenvalue weighted by Gasteiger charge is 2.46. The number of amides is 1. The van der Waals surface area contributed by atoms with E-state index in [9.17, 15) is 13.2 Å². The molecule has 1 aliphatic rings. The molecule has 0 radical (unpaired) electrons. The van der Waals surface area contributed by atoms with Gasteiger partial charge in [-0.15, -0.1) is 0 Å². The van der Waals surface area contributed by atoms with Crippen molar-refractivity contribution in [1.29, 1.82) is 0 Å². The van der Waals surface area contributed by atoms with E-state index in [1.807, 2.05) is 0 Å². The molecule has 0 aliphatic carbocycles. The summed E-state index contributed by atoms with van der Waals surface area (Å²) in [5, 5.41) is 7.13. The summed E-state index contributed by atoms with van der Waals surface area (Å²) in [6.07, 6.45) is 6.91. The zero-order chi connectivity index (χ0) is 19.5. The summed E-state index contributed by atoms with van der Waals surface area (Å²) in [5.74, 6) is -0.182. The number of methoxy groups -OCH3 is 1. The van der Waals surface area contributed by atoms with E-state index in [1.54, 1.807) is 41.9 Å². The minimum absolute atomic E-state index is 0.0149. The van der Waals surface area contributed by atoms with Gasteiger partial charge in [0.25, 0.3) is 10.0 Å². The first-order chi connectivity index (χ1) is 12.9. The summed E-state index contributed by atoms with van der Waals surface area (Å²) in [7, 11) is -0.403. The van der Waals surface area contributed by atoms with E-state index in [1.165, 1.54) is 16.8 Å². The van der Waals surface area contributed by atoms with Crippen LogP contribution in [0.15, 0.2) is 36.0 Å². The molecule has 1 fully saturated rings. The SMILES string of the molecule is COCCNC(=O)C1(n2cccn2)CCN(S(=O)(=O)c2cn(C)cn2)CC1. The van der Waals surface area contributed by atoms with Gasteiger partial charge < -0.3 is 14.6 Å². The van der Waals surface area contributed by atoms with E-state index >= 15 is 0 Å². The van der Waals surface area contributed by atoms with Crippen LogP contribution in [-0.4, -0.2) is 71.3 Å². The van der Waals surface area contributed by atoms with Crippen LogP contribution in [0.4, 0.5) is 0 Å². The van der Waals surface area contributed by atoms with Crippen molar-refractivity contribution in [2.45, 2.75) is 23.4 Å². The number of ether oxygens (including phenoxy) is 1. The zero-order valence-corrected chi connectivity index (χ0v) is 16.2. The van der Waals surface area contributed by atoms with Gasteiger partial charge in [-0.25, -0.2) is 13.4 Å². The lowest BCUT2D eigenvalue weighted by molar-refractivity contribution is -0.132. The summed E-state index contributed by atoms with van der Waals surface area (Å²) in [5.41, 5.74) is -0.923. The molecule has 0 bridgehead atoms. The Hall–Kier alpha value is -2.24. The second-order valence-electron chi connectivity index (χ2n) is 6.51. The highest BCUT2D eigenvalue weighted by molar-refractivity contribution is 7.89. The van der Waals surface area contributed by atoms with Crippen molar-refractivity contribution >= 4 is 15.9 Å². The van der Waals surface area contributed by atoms with Crippen LogP contribution in [0.2, 0.25) is 0 Å². The summed E-state index contributed by atoms with van der Waals surface area (Å²) in [4.78, 5) is 16.9. The first-order valence-corrected chi connectivity index (χ1v) is 10.1. The smallest absolute Gasteiger partial charge is 0.262 e.